The van der Waals surface area contributed by atoms with Crippen LogP contribution in [0.25, 0.3) is 0 Å². The second-order valence-electron chi connectivity index (χ2n) is 5.70. The van der Waals surface area contributed by atoms with Crippen molar-refractivity contribution >= 4 is 5.97 Å². The molecule has 0 aliphatic carbocycles. The summed E-state index contributed by atoms with van der Waals surface area (Å²) >= 11 is 0. The van der Waals surface area contributed by atoms with Gasteiger partial charge >= 0.3 is 5.97 Å². The highest BCUT2D eigenvalue weighted by atomic mass is 16.5. The van der Waals surface area contributed by atoms with Crippen LogP contribution < -0.4 is 9.47 Å². The molecule has 1 heterocycles. The summed E-state index contributed by atoms with van der Waals surface area (Å²) in [7, 11) is 1.82. The quantitative estimate of drug-likeness (QED) is 0.694. The van der Waals surface area contributed by atoms with E-state index in [2.05, 4.69) is 5.10 Å². The molecule has 24 heavy (non-hydrogen) atoms. The Kier molecular flexibility index (Phi) is 6.23. The van der Waals surface area contributed by atoms with E-state index in [0.29, 0.717) is 29.4 Å². The Morgan fingerprint density at radius 3 is 2.71 bits per heavy atom. The van der Waals surface area contributed by atoms with Gasteiger partial charge in [0.25, 0.3) is 0 Å². The summed E-state index contributed by atoms with van der Waals surface area (Å²) in [5.74, 6) is 0.738. The van der Waals surface area contributed by atoms with Gasteiger partial charge in [-0.3, -0.25) is 4.68 Å². The molecule has 6 heteroatoms. The van der Waals surface area contributed by atoms with Gasteiger partial charge < -0.3 is 14.2 Å². The summed E-state index contributed by atoms with van der Waals surface area (Å²) in [5.41, 5.74) is 1.12. The van der Waals surface area contributed by atoms with Crippen molar-refractivity contribution in [1.29, 1.82) is 0 Å². The molecule has 2 rings (SSSR count). The first-order valence-electron chi connectivity index (χ1n) is 8.09. The number of aryl methyl sites for hydroxylation is 1. The first-order valence-corrected chi connectivity index (χ1v) is 8.09. The van der Waals surface area contributed by atoms with Crippen molar-refractivity contribution in [1.82, 2.24) is 9.78 Å². The third-order valence-electron chi connectivity index (χ3n) is 3.21. The van der Waals surface area contributed by atoms with E-state index in [1.165, 1.54) is 0 Å². The van der Waals surface area contributed by atoms with Gasteiger partial charge in [0.05, 0.1) is 18.3 Å². The van der Waals surface area contributed by atoms with Crippen LogP contribution in [-0.4, -0.2) is 28.5 Å². The van der Waals surface area contributed by atoms with Crippen LogP contribution in [0.15, 0.2) is 30.5 Å². The lowest BCUT2D eigenvalue weighted by molar-refractivity contribution is 0.0501. The molecule has 0 fully saturated rings. The fourth-order valence-corrected chi connectivity index (χ4v) is 2.16. The molecule has 0 saturated carbocycles. The zero-order valence-corrected chi connectivity index (χ0v) is 14.6. The van der Waals surface area contributed by atoms with E-state index in [9.17, 15) is 4.79 Å². The first-order chi connectivity index (χ1) is 11.5. The molecule has 0 amide bonds. The predicted octanol–water partition coefficient (Wildman–Crippen LogP) is 3.35. The van der Waals surface area contributed by atoms with Crippen molar-refractivity contribution < 1.29 is 19.0 Å². The second kappa shape index (κ2) is 8.38. The Hall–Kier alpha value is -2.50. The SMILES string of the molecule is CCCOC(=O)c1cccc(OC(C)C)c1COc1ccn(C)n1. The number of carbonyl (C=O) groups is 1. The van der Waals surface area contributed by atoms with Gasteiger partial charge in [-0.05, 0) is 32.4 Å². The normalized spacial score (nSPS) is 10.7. The van der Waals surface area contributed by atoms with Gasteiger partial charge in [0.15, 0.2) is 0 Å². The summed E-state index contributed by atoms with van der Waals surface area (Å²) in [6, 6.07) is 7.10. The number of aromatic nitrogens is 2. The molecule has 6 nitrogen and oxygen atoms in total. The smallest absolute Gasteiger partial charge is 0.338 e. The van der Waals surface area contributed by atoms with Gasteiger partial charge in [-0.15, -0.1) is 5.10 Å². The van der Waals surface area contributed by atoms with E-state index in [4.69, 9.17) is 14.2 Å². The van der Waals surface area contributed by atoms with Crippen molar-refractivity contribution in [3.8, 4) is 11.6 Å². The van der Waals surface area contributed by atoms with Crippen molar-refractivity contribution in [2.75, 3.05) is 6.61 Å². The minimum absolute atomic E-state index is 0.0134. The van der Waals surface area contributed by atoms with Crippen molar-refractivity contribution in [3.05, 3.63) is 41.6 Å². The minimum atomic E-state index is -0.370. The molecule has 0 aliphatic rings. The van der Waals surface area contributed by atoms with Crippen molar-refractivity contribution in [3.63, 3.8) is 0 Å². The number of ether oxygens (including phenoxy) is 3. The summed E-state index contributed by atoms with van der Waals surface area (Å²) in [6.07, 6.45) is 2.55. The molecule has 0 bridgehead atoms. The summed E-state index contributed by atoms with van der Waals surface area (Å²) in [4.78, 5) is 12.3. The Bertz CT molecular complexity index is 679. The molecule has 1 aromatic carbocycles. The number of nitrogens with zero attached hydrogens (tertiary/aromatic N) is 2. The molecule has 0 spiro atoms. The van der Waals surface area contributed by atoms with E-state index in [0.717, 1.165) is 6.42 Å². The van der Waals surface area contributed by atoms with E-state index in [-0.39, 0.29) is 18.7 Å². The molecule has 0 radical (unpaired) electrons. The molecule has 130 valence electrons. The monoisotopic (exact) mass is 332 g/mol. The highest BCUT2D eigenvalue weighted by molar-refractivity contribution is 5.91. The molecule has 0 aliphatic heterocycles. The average Bonchev–Trinajstić information content (AvgIpc) is 2.96. The topological polar surface area (TPSA) is 62.6 Å². The predicted molar refractivity (Wildman–Crippen MR) is 90.3 cm³/mol. The van der Waals surface area contributed by atoms with Gasteiger partial charge in [0, 0.05) is 24.9 Å². The Morgan fingerprint density at radius 2 is 2.08 bits per heavy atom. The Morgan fingerprint density at radius 1 is 1.29 bits per heavy atom. The maximum Gasteiger partial charge on any atom is 0.338 e. The summed E-state index contributed by atoms with van der Waals surface area (Å²) < 4.78 is 18.5. The van der Waals surface area contributed by atoms with Gasteiger partial charge in [0.1, 0.15) is 12.4 Å². The Balaban J connectivity index is 2.26. The minimum Gasteiger partial charge on any atom is -0.491 e. The van der Waals surface area contributed by atoms with Gasteiger partial charge in [-0.25, -0.2) is 4.79 Å². The standard InChI is InChI=1S/C18H24N2O4/c1-5-11-22-18(21)14-7-6-8-16(24-13(2)3)15(14)12-23-17-9-10-20(4)19-17/h6-10,13H,5,11-12H2,1-4H3. The van der Waals surface area contributed by atoms with Crippen molar-refractivity contribution in [2.24, 2.45) is 7.05 Å². The number of benzene rings is 1. The number of hydrogen-bond acceptors (Lipinski definition) is 5. The molecular weight excluding hydrogens is 308 g/mol. The molecule has 0 unspecified atom stereocenters. The maximum atomic E-state index is 12.3. The summed E-state index contributed by atoms with van der Waals surface area (Å²) in [6.45, 7) is 6.39. The van der Waals surface area contributed by atoms with Crippen LogP contribution in [0.1, 0.15) is 43.1 Å². The third-order valence-corrected chi connectivity index (χ3v) is 3.21. The number of carbonyl (C=O) groups excluding carboxylic acids is 1. The average molecular weight is 332 g/mol. The highest BCUT2D eigenvalue weighted by Crippen LogP contribution is 2.26. The first kappa shape index (κ1) is 17.8. The Labute approximate surface area is 142 Å². The lowest BCUT2D eigenvalue weighted by atomic mass is 10.1. The number of hydrogen-bond donors (Lipinski definition) is 0. The van der Waals surface area contributed by atoms with Crippen LogP contribution in [0, 0.1) is 0 Å². The lowest BCUT2D eigenvalue weighted by Crippen LogP contribution is -2.14. The largest absolute Gasteiger partial charge is 0.491 e. The van der Waals surface area contributed by atoms with Crippen LogP contribution >= 0.6 is 0 Å². The summed E-state index contributed by atoms with van der Waals surface area (Å²) in [5, 5.41) is 4.18. The molecule has 0 atom stereocenters. The van der Waals surface area contributed by atoms with Crippen LogP contribution in [0.4, 0.5) is 0 Å². The molecule has 0 N–H and O–H groups in total. The highest BCUT2D eigenvalue weighted by Gasteiger charge is 2.18. The number of esters is 1. The van der Waals surface area contributed by atoms with E-state index < -0.39 is 0 Å². The second-order valence-corrected chi connectivity index (χ2v) is 5.70. The lowest BCUT2D eigenvalue weighted by Gasteiger charge is -2.17. The van der Waals surface area contributed by atoms with Crippen molar-refractivity contribution in [2.45, 2.75) is 39.9 Å². The van der Waals surface area contributed by atoms with Crippen LogP contribution in [-0.2, 0) is 18.4 Å². The van der Waals surface area contributed by atoms with Crippen LogP contribution in [0.2, 0.25) is 0 Å². The van der Waals surface area contributed by atoms with Gasteiger partial charge in [-0.1, -0.05) is 13.0 Å². The van der Waals surface area contributed by atoms with Gasteiger partial charge in [0.2, 0.25) is 5.88 Å². The van der Waals surface area contributed by atoms with Crippen LogP contribution in [0.5, 0.6) is 11.6 Å². The third kappa shape index (κ3) is 4.75. The molecule has 0 saturated heterocycles. The molecule has 1 aromatic heterocycles. The van der Waals surface area contributed by atoms with E-state index >= 15 is 0 Å². The van der Waals surface area contributed by atoms with Gasteiger partial charge in [-0.2, -0.15) is 0 Å². The maximum absolute atomic E-state index is 12.3. The van der Waals surface area contributed by atoms with E-state index in [1.54, 1.807) is 29.1 Å². The number of rotatable bonds is 8. The molecule has 2 aromatic rings. The zero-order valence-electron chi connectivity index (χ0n) is 14.6. The zero-order chi connectivity index (χ0) is 17.5. The van der Waals surface area contributed by atoms with Crippen LogP contribution in [0.3, 0.4) is 0 Å². The molecular formula is C18H24N2O4. The fraction of sp³-hybridized carbons (Fsp3) is 0.444. The van der Waals surface area contributed by atoms with E-state index in [1.807, 2.05) is 33.9 Å². The fourth-order valence-electron chi connectivity index (χ4n) is 2.16.